The third-order valence-electron chi connectivity index (χ3n) is 4.15. The van der Waals surface area contributed by atoms with Gasteiger partial charge in [-0.1, -0.05) is 60.1 Å². The maximum Gasteiger partial charge on any atom is 0.207 e. The summed E-state index contributed by atoms with van der Waals surface area (Å²) < 4.78 is 9.31. The maximum atomic E-state index is 6.24. The summed E-state index contributed by atoms with van der Waals surface area (Å²) in [6, 6.07) is 23.6. The van der Waals surface area contributed by atoms with Crippen molar-refractivity contribution in [2.75, 3.05) is 5.32 Å². The molecule has 27 heavy (non-hydrogen) atoms. The Morgan fingerprint density at radius 2 is 1.67 bits per heavy atom. The standard InChI is InChI=1S/C21H18ClN3OS/c1-14(15-8-3-2-4-9-15)23-21-24-20-18(12-7-13-19(20)27-25-21)26-17-11-6-5-10-16(17)22/h2-14H,1H3,(H2,23,24,25)/t14-/m1/s1. The van der Waals surface area contributed by atoms with Crippen molar-refractivity contribution in [1.29, 1.82) is 0 Å². The van der Waals surface area contributed by atoms with Gasteiger partial charge in [0.1, 0.15) is 5.75 Å². The Hall–Kier alpha value is -2.63. The summed E-state index contributed by atoms with van der Waals surface area (Å²) in [5.41, 5.74) is 2.03. The molecule has 6 heteroatoms. The van der Waals surface area contributed by atoms with Gasteiger partial charge in [0.15, 0.2) is 5.75 Å². The highest BCUT2D eigenvalue weighted by molar-refractivity contribution is 7.98. The zero-order valence-corrected chi connectivity index (χ0v) is 16.2. The van der Waals surface area contributed by atoms with Gasteiger partial charge in [-0.15, -0.1) is 0 Å². The van der Waals surface area contributed by atoms with Crippen molar-refractivity contribution in [3.05, 3.63) is 83.4 Å². The van der Waals surface area contributed by atoms with E-state index in [1.54, 1.807) is 0 Å². The fourth-order valence-electron chi connectivity index (χ4n) is 2.76. The Balaban J connectivity index is 1.60. The van der Waals surface area contributed by atoms with E-state index < -0.39 is 0 Å². The van der Waals surface area contributed by atoms with Gasteiger partial charge in [-0.05, 0) is 48.7 Å². The minimum atomic E-state index is 0.0278. The molecule has 1 atom stereocenters. The molecule has 3 aromatic carbocycles. The van der Waals surface area contributed by atoms with Crippen LogP contribution < -0.4 is 14.8 Å². The Morgan fingerprint density at radius 1 is 0.926 bits per heavy atom. The predicted molar refractivity (Wildman–Crippen MR) is 113 cm³/mol. The van der Waals surface area contributed by atoms with E-state index >= 15 is 0 Å². The monoisotopic (exact) mass is 395 g/mol. The molecule has 0 fully saturated rings. The molecule has 0 aromatic heterocycles. The molecule has 0 spiro atoms. The lowest BCUT2D eigenvalue weighted by molar-refractivity contribution is 0.484. The molecule has 0 saturated heterocycles. The summed E-state index contributed by atoms with van der Waals surface area (Å²) in [6.45, 7) is 2.07. The number of halogens is 1. The molecule has 0 amide bonds. The average Bonchev–Trinajstić information content (AvgIpc) is 2.71. The summed E-state index contributed by atoms with van der Waals surface area (Å²) in [5, 5.41) is 3.93. The summed E-state index contributed by atoms with van der Waals surface area (Å²) >= 11 is 7.74. The average molecular weight is 396 g/mol. The highest BCUT2D eigenvalue weighted by Crippen LogP contribution is 2.40. The van der Waals surface area contributed by atoms with Crippen LogP contribution in [0.25, 0.3) is 0 Å². The number of guanidine groups is 1. The number of hydrogen-bond donors (Lipinski definition) is 2. The van der Waals surface area contributed by atoms with Crippen LogP contribution in [0, 0.1) is 0 Å². The smallest absolute Gasteiger partial charge is 0.207 e. The van der Waals surface area contributed by atoms with Crippen molar-refractivity contribution in [1.82, 2.24) is 4.72 Å². The number of para-hydroxylation sites is 2. The Kier molecular flexibility index (Phi) is 5.23. The number of hydrogen-bond acceptors (Lipinski definition) is 3. The molecule has 1 aliphatic rings. The van der Waals surface area contributed by atoms with E-state index in [4.69, 9.17) is 21.3 Å². The van der Waals surface area contributed by atoms with Crippen LogP contribution >= 0.6 is 23.5 Å². The normalized spacial score (nSPS) is 15.4. The number of benzene rings is 3. The van der Waals surface area contributed by atoms with E-state index in [0.717, 1.165) is 16.1 Å². The van der Waals surface area contributed by atoms with E-state index in [1.807, 2.05) is 60.7 Å². The zero-order valence-electron chi connectivity index (χ0n) is 14.6. The quantitative estimate of drug-likeness (QED) is 0.511. The number of fused-ring (bicyclic) bond motifs is 1. The number of anilines is 1. The van der Waals surface area contributed by atoms with Gasteiger partial charge >= 0.3 is 0 Å². The molecule has 1 aliphatic heterocycles. The molecule has 0 radical (unpaired) electrons. The van der Waals surface area contributed by atoms with Crippen molar-refractivity contribution < 1.29 is 4.74 Å². The van der Waals surface area contributed by atoms with E-state index in [2.05, 4.69) is 29.1 Å². The van der Waals surface area contributed by atoms with Crippen LogP contribution in [0.15, 0.2) is 82.7 Å². The number of aliphatic imine (C=N–C) groups is 1. The third kappa shape index (κ3) is 4.04. The van der Waals surface area contributed by atoms with Gasteiger partial charge < -0.3 is 10.1 Å². The molecule has 0 saturated carbocycles. The first-order valence-corrected chi connectivity index (χ1v) is 9.78. The first kappa shape index (κ1) is 17.8. The summed E-state index contributed by atoms with van der Waals surface area (Å²) in [5.74, 6) is 2.02. The van der Waals surface area contributed by atoms with Crippen LogP contribution in [0.1, 0.15) is 18.5 Å². The molecule has 1 heterocycles. The van der Waals surface area contributed by atoms with Crippen molar-refractivity contribution >= 4 is 35.2 Å². The fourth-order valence-corrected chi connectivity index (χ4v) is 3.64. The van der Waals surface area contributed by atoms with Gasteiger partial charge in [-0.25, -0.2) is 4.99 Å². The molecule has 0 aliphatic carbocycles. The lowest BCUT2D eigenvalue weighted by Crippen LogP contribution is -2.30. The topological polar surface area (TPSA) is 45.7 Å². The van der Waals surface area contributed by atoms with Crippen LogP contribution in [-0.2, 0) is 0 Å². The molecule has 4 rings (SSSR count). The Bertz CT molecular complexity index is 978. The second kappa shape index (κ2) is 7.94. The minimum absolute atomic E-state index is 0.0278. The summed E-state index contributed by atoms with van der Waals surface area (Å²) in [6.07, 6.45) is 0. The van der Waals surface area contributed by atoms with Gasteiger partial charge in [0.25, 0.3) is 0 Å². The van der Waals surface area contributed by atoms with Crippen molar-refractivity contribution in [3.8, 4) is 11.5 Å². The Labute approximate surface area is 167 Å². The van der Waals surface area contributed by atoms with Crippen LogP contribution in [0.5, 0.6) is 11.5 Å². The molecule has 0 unspecified atom stereocenters. The molecular formula is C21H18ClN3OS. The van der Waals surface area contributed by atoms with Gasteiger partial charge in [-0.3, -0.25) is 4.72 Å². The lowest BCUT2D eigenvalue weighted by Gasteiger charge is -2.24. The second-order valence-electron chi connectivity index (χ2n) is 6.06. The van der Waals surface area contributed by atoms with E-state index in [9.17, 15) is 0 Å². The number of rotatable bonds is 4. The predicted octanol–water partition coefficient (Wildman–Crippen LogP) is 6.27. The van der Waals surface area contributed by atoms with E-state index in [1.165, 1.54) is 11.9 Å². The summed E-state index contributed by atoms with van der Waals surface area (Å²) in [7, 11) is 0. The first-order valence-electron chi connectivity index (χ1n) is 8.59. The van der Waals surface area contributed by atoms with Crippen LogP contribution in [0.2, 0.25) is 5.02 Å². The molecule has 136 valence electrons. The van der Waals surface area contributed by atoms with E-state index in [0.29, 0.717) is 22.5 Å². The zero-order chi connectivity index (χ0) is 18.6. The number of ether oxygens (including phenoxy) is 1. The van der Waals surface area contributed by atoms with Crippen molar-refractivity contribution in [2.24, 2.45) is 4.99 Å². The highest BCUT2D eigenvalue weighted by Gasteiger charge is 2.19. The lowest BCUT2D eigenvalue weighted by atomic mass is 10.1. The molecular weight excluding hydrogens is 378 g/mol. The van der Waals surface area contributed by atoms with Crippen molar-refractivity contribution in [2.45, 2.75) is 17.9 Å². The maximum absolute atomic E-state index is 6.24. The van der Waals surface area contributed by atoms with Gasteiger partial charge in [0, 0.05) is 0 Å². The fraction of sp³-hybridized carbons (Fsp3) is 0.0952. The molecule has 4 nitrogen and oxygen atoms in total. The first-order chi connectivity index (χ1) is 13.2. The SMILES string of the molecule is C[C@@H](N=C1NSc2cccc(Oc3ccccc3Cl)c2N1)c1ccccc1. The van der Waals surface area contributed by atoms with Gasteiger partial charge in [0.2, 0.25) is 5.96 Å². The molecule has 2 N–H and O–H groups in total. The van der Waals surface area contributed by atoms with E-state index in [-0.39, 0.29) is 6.04 Å². The van der Waals surface area contributed by atoms with Gasteiger partial charge in [0.05, 0.1) is 21.6 Å². The second-order valence-corrected chi connectivity index (χ2v) is 7.31. The largest absolute Gasteiger partial charge is 0.454 e. The third-order valence-corrected chi connectivity index (χ3v) is 5.32. The molecule has 0 bridgehead atoms. The Morgan fingerprint density at radius 3 is 2.48 bits per heavy atom. The summed E-state index contributed by atoms with van der Waals surface area (Å²) in [4.78, 5) is 5.80. The van der Waals surface area contributed by atoms with Crippen LogP contribution in [-0.4, -0.2) is 5.96 Å². The molecule has 3 aromatic rings. The number of nitrogens with zero attached hydrogens (tertiary/aromatic N) is 1. The van der Waals surface area contributed by atoms with Gasteiger partial charge in [-0.2, -0.15) is 0 Å². The van der Waals surface area contributed by atoms with Crippen LogP contribution in [0.3, 0.4) is 0 Å². The van der Waals surface area contributed by atoms with Crippen LogP contribution in [0.4, 0.5) is 5.69 Å². The van der Waals surface area contributed by atoms with Crippen molar-refractivity contribution in [3.63, 3.8) is 0 Å². The number of nitrogens with one attached hydrogen (secondary N) is 2. The highest BCUT2D eigenvalue weighted by atomic mass is 35.5. The minimum Gasteiger partial charge on any atom is -0.454 e.